The Bertz CT molecular complexity index is 2270. The lowest BCUT2D eigenvalue weighted by molar-refractivity contribution is -0.385. The van der Waals surface area contributed by atoms with Crippen molar-refractivity contribution in [2.75, 3.05) is 0 Å². The van der Waals surface area contributed by atoms with Crippen LogP contribution < -0.4 is 16.4 Å². The Hall–Kier alpha value is -5.17. The molecule has 2 amide bonds. The first kappa shape index (κ1) is 41.0. The number of carbonyl (C=O) groups is 1. The van der Waals surface area contributed by atoms with Crippen LogP contribution in [-0.2, 0) is 19.4 Å². The molecule has 282 valence electrons. The van der Waals surface area contributed by atoms with Crippen molar-refractivity contribution in [1.29, 1.82) is 0 Å². The first-order chi connectivity index (χ1) is 26.2. The minimum absolute atomic E-state index is 0. The summed E-state index contributed by atoms with van der Waals surface area (Å²) in [5.41, 5.74) is 10.8. The highest BCUT2D eigenvalue weighted by Gasteiger charge is 2.20. The van der Waals surface area contributed by atoms with Crippen molar-refractivity contribution in [3.8, 4) is 19.8 Å². The average molecular weight is 877 g/mol. The summed E-state index contributed by atoms with van der Waals surface area (Å²) in [6.45, 7) is 0.411. The minimum Gasteiger partial charge on any atom is -0.334 e. The number of hydrogen-bond acceptors (Lipinski definition) is 12. The number of nitro groups is 2. The summed E-state index contributed by atoms with van der Waals surface area (Å²) in [4.78, 5) is 44.9. The number of benzene rings is 3. The van der Waals surface area contributed by atoms with E-state index in [9.17, 15) is 25.0 Å². The molecule has 0 saturated heterocycles. The molecule has 7 rings (SSSR count). The fraction of sp³-hybridized carbons (Fsp3) is 0.132. The normalized spacial score (nSPS) is 11.7. The van der Waals surface area contributed by atoms with Crippen molar-refractivity contribution in [3.63, 3.8) is 0 Å². The lowest BCUT2D eigenvalue weighted by Gasteiger charge is -2.18. The van der Waals surface area contributed by atoms with Gasteiger partial charge in [-0.2, -0.15) is 0 Å². The number of amides is 2. The Morgan fingerprint density at radius 2 is 1.16 bits per heavy atom. The van der Waals surface area contributed by atoms with Gasteiger partial charge in [0.2, 0.25) is 0 Å². The maximum atomic E-state index is 12.6. The zero-order valence-electron chi connectivity index (χ0n) is 28.8. The SMILES string of the molecule is Br.N[C@@H](Cc1ccc([N+](=O)[O-])cc1)c1csc(-c2cccs2)n1.O=C(NCc1ccccc1)N[C@@H](Cc1ccc([N+](=O)[O-])cc1)c1csc(-c2cccs2)n1. The number of urea groups is 1. The van der Waals surface area contributed by atoms with Crippen LogP contribution in [0.3, 0.4) is 0 Å². The number of nitrogens with zero attached hydrogens (tertiary/aromatic N) is 4. The van der Waals surface area contributed by atoms with Crippen LogP contribution in [-0.4, -0.2) is 25.8 Å². The molecular weight excluding hydrogens is 843 g/mol. The number of thiazole rings is 2. The van der Waals surface area contributed by atoms with Crippen molar-refractivity contribution in [2.45, 2.75) is 31.5 Å². The molecule has 4 heterocycles. The number of halogens is 1. The Morgan fingerprint density at radius 3 is 1.67 bits per heavy atom. The number of nitrogens with one attached hydrogen (secondary N) is 2. The topological polar surface area (TPSA) is 179 Å². The molecule has 55 heavy (non-hydrogen) atoms. The van der Waals surface area contributed by atoms with E-state index in [1.165, 1.54) is 35.6 Å². The monoisotopic (exact) mass is 875 g/mol. The van der Waals surface area contributed by atoms with Crippen LogP contribution >= 0.6 is 62.3 Å². The fourth-order valence-corrected chi connectivity index (χ4v) is 8.63. The molecule has 17 heteroatoms. The zero-order chi connectivity index (χ0) is 37.9. The van der Waals surface area contributed by atoms with Crippen LogP contribution in [0.25, 0.3) is 19.8 Å². The molecule has 7 aromatic rings. The second kappa shape index (κ2) is 19.9. The second-order valence-corrected chi connectivity index (χ2v) is 15.4. The quantitative estimate of drug-likeness (QED) is 0.0756. The lowest BCUT2D eigenvalue weighted by Crippen LogP contribution is -2.38. The smallest absolute Gasteiger partial charge is 0.315 e. The van der Waals surface area contributed by atoms with Gasteiger partial charge in [-0.05, 0) is 52.4 Å². The molecule has 0 bridgehead atoms. The molecule has 0 aliphatic rings. The minimum atomic E-state index is -0.426. The van der Waals surface area contributed by atoms with E-state index < -0.39 is 9.85 Å². The molecule has 0 spiro atoms. The first-order valence-electron chi connectivity index (χ1n) is 16.5. The van der Waals surface area contributed by atoms with E-state index in [2.05, 4.69) is 15.6 Å². The molecule has 2 atom stereocenters. The zero-order valence-corrected chi connectivity index (χ0v) is 33.8. The van der Waals surface area contributed by atoms with Crippen molar-refractivity contribution >= 4 is 79.7 Å². The van der Waals surface area contributed by atoms with Gasteiger partial charge in [-0.15, -0.1) is 62.3 Å². The van der Waals surface area contributed by atoms with E-state index in [-0.39, 0.29) is 46.5 Å². The van der Waals surface area contributed by atoms with Crippen LogP contribution in [0.15, 0.2) is 125 Å². The van der Waals surface area contributed by atoms with Gasteiger partial charge in [0.05, 0.1) is 43.1 Å². The summed E-state index contributed by atoms with van der Waals surface area (Å²) in [6.07, 6.45) is 1.07. The summed E-state index contributed by atoms with van der Waals surface area (Å²) in [7, 11) is 0. The Balaban J connectivity index is 0.000000221. The highest BCUT2D eigenvalue weighted by atomic mass is 79.9. The number of rotatable bonds is 13. The van der Waals surface area contributed by atoms with Gasteiger partial charge in [-0.25, -0.2) is 14.8 Å². The predicted molar refractivity (Wildman–Crippen MR) is 226 cm³/mol. The van der Waals surface area contributed by atoms with E-state index in [1.807, 2.05) is 76.1 Å². The molecule has 0 aliphatic heterocycles. The van der Waals surface area contributed by atoms with E-state index in [0.29, 0.717) is 19.4 Å². The summed E-state index contributed by atoms with van der Waals surface area (Å²) >= 11 is 6.38. The van der Waals surface area contributed by atoms with E-state index in [1.54, 1.807) is 58.3 Å². The summed E-state index contributed by atoms with van der Waals surface area (Å²) in [5.74, 6) is 0. The molecule has 0 fully saturated rings. The number of carbonyl (C=O) groups excluding carboxylic acids is 1. The molecule has 4 aromatic heterocycles. The van der Waals surface area contributed by atoms with Crippen molar-refractivity contribution in [1.82, 2.24) is 20.6 Å². The number of non-ortho nitro benzene ring substituents is 2. The average Bonchev–Trinajstić information content (AvgIpc) is 4.02. The summed E-state index contributed by atoms with van der Waals surface area (Å²) < 4.78 is 0. The fourth-order valence-electron chi connectivity index (χ4n) is 5.25. The maximum absolute atomic E-state index is 12.6. The van der Waals surface area contributed by atoms with Crippen LogP contribution in [0.1, 0.15) is 40.2 Å². The van der Waals surface area contributed by atoms with Gasteiger partial charge in [-0.1, -0.05) is 66.7 Å². The molecule has 4 N–H and O–H groups in total. The molecule has 12 nitrogen and oxygen atoms in total. The molecule has 3 aromatic carbocycles. The van der Waals surface area contributed by atoms with Crippen molar-refractivity contribution in [2.24, 2.45) is 5.73 Å². The molecule has 0 aliphatic carbocycles. The van der Waals surface area contributed by atoms with Gasteiger partial charge in [0.15, 0.2) is 0 Å². The van der Waals surface area contributed by atoms with Gasteiger partial charge in [-0.3, -0.25) is 20.2 Å². The third-order valence-electron chi connectivity index (χ3n) is 8.04. The largest absolute Gasteiger partial charge is 0.334 e. The van der Waals surface area contributed by atoms with Gasteiger partial charge >= 0.3 is 6.03 Å². The molecule has 0 unspecified atom stereocenters. The number of thiophene rings is 2. The van der Waals surface area contributed by atoms with E-state index >= 15 is 0 Å². The predicted octanol–water partition coefficient (Wildman–Crippen LogP) is 10.2. The summed E-state index contributed by atoms with van der Waals surface area (Å²) in [6, 6.07) is 29.6. The number of nitro benzene ring substituents is 2. The Labute approximate surface area is 342 Å². The van der Waals surface area contributed by atoms with Crippen LogP contribution in [0.4, 0.5) is 16.2 Å². The number of nitrogens with two attached hydrogens (primary N) is 1. The third-order valence-corrected chi connectivity index (χ3v) is 11.8. The van der Waals surface area contributed by atoms with Crippen LogP contribution in [0.5, 0.6) is 0 Å². The van der Waals surface area contributed by atoms with Crippen LogP contribution in [0, 0.1) is 20.2 Å². The second-order valence-electron chi connectivity index (χ2n) is 11.8. The van der Waals surface area contributed by atoms with Gasteiger partial charge in [0, 0.05) is 41.6 Å². The van der Waals surface area contributed by atoms with Gasteiger partial charge < -0.3 is 16.4 Å². The third kappa shape index (κ3) is 11.7. The number of aromatic nitrogens is 2. The standard InChI is InChI=1S/C23H20N4O3S2.C15H13N3O2S2.BrH/c28-23(24-14-17-5-2-1-3-6-17)26-19(13-16-8-10-18(11-9-16)27(29)30)20-15-32-22(25-20)21-7-4-12-31-21;16-12(8-10-3-5-11(6-4-10)18(19)20)13-9-22-15(17-13)14-2-1-7-21-14;/h1-12,15,19H,13-14H2,(H2,24,26,28);1-7,9,12H,8,16H2;1H/t19-;12-;/m00./s1. The summed E-state index contributed by atoms with van der Waals surface area (Å²) in [5, 5.41) is 37.3. The Morgan fingerprint density at radius 1 is 0.655 bits per heavy atom. The maximum Gasteiger partial charge on any atom is 0.315 e. The van der Waals surface area contributed by atoms with Crippen molar-refractivity contribution in [3.05, 3.63) is 173 Å². The van der Waals surface area contributed by atoms with Crippen molar-refractivity contribution < 1.29 is 14.6 Å². The number of hydrogen-bond donors (Lipinski definition) is 3. The first-order valence-corrected chi connectivity index (χ1v) is 20.0. The van der Waals surface area contributed by atoms with Crippen LogP contribution in [0.2, 0.25) is 0 Å². The molecule has 0 saturated carbocycles. The highest BCUT2D eigenvalue weighted by molar-refractivity contribution is 8.93. The molecule has 0 radical (unpaired) electrons. The molecular formula is C38H34BrN7O5S4. The van der Waals surface area contributed by atoms with Gasteiger partial charge in [0.1, 0.15) is 10.0 Å². The van der Waals surface area contributed by atoms with E-state index in [4.69, 9.17) is 10.7 Å². The van der Waals surface area contributed by atoms with Gasteiger partial charge in [0.25, 0.3) is 11.4 Å². The highest BCUT2D eigenvalue weighted by Crippen LogP contribution is 2.32. The lowest BCUT2D eigenvalue weighted by atomic mass is 10.0. The van der Waals surface area contributed by atoms with E-state index in [0.717, 1.165) is 47.8 Å². The Kier molecular flexibility index (Phi) is 14.9.